The number of benzene rings is 2. The van der Waals surface area contributed by atoms with Crippen LogP contribution in [0.5, 0.6) is 5.75 Å². The van der Waals surface area contributed by atoms with E-state index in [0.717, 1.165) is 12.0 Å². The lowest BCUT2D eigenvalue weighted by atomic mass is 10.1. The van der Waals surface area contributed by atoms with E-state index in [1.807, 2.05) is 32.0 Å². The lowest BCUT2D eigenvalue weighted by Crippen LogP contribution is -2.26. The van der Waals surface area contributed by atoms with Crippen molar-refractivity contribution in [3.63, 3.8) is 0 Å². The molecule has 136 valence electrons. The third kappa shape index (κ3) is 5.70. The smallest absolute Gasteiger partial charge is 0.277 e. The fraction of sp³-hybridized carbons (Fsp3) is 0.263. The van der Waals surface area contributed by atoms with Gasteiger partial charge in [-0.15, -0.1) is 0 Å². The summed E-state index contributed by atoms with van der Waals surface area (Å²) in [4.78, 5) is 22.4. The number of carbonyl (C=O) groups excluding carboxylic acids is 1. The van der Waals surface area contributed by atoms with E-state index >= 15 is 0 Å². The molecule has 0 aliphatic rings. The van der Waals surface area contributed by atoms with E-state index in [1.54, 1.807) is 18.2 Å². The van der Waals surface area contributed by atoms with Crippen LogP contribution in [-0.4, -0.2) is 23.1 Å². The molecule has 0 unspecified atom stereocenters. The Morgan fingerprint density at radius 1 is 1.23 bits per heavy atom. The number of hydrazone groups is 1. The minimum Gasteiger partial charge on any atom is -0.484 e. The Morgan fingerprint density at radius 2 is 2.00 bits per heavy atom. The predicted octanol–water partition coefficient (Wildman–Crippen LogP) is 3.60. The minimum absolute atomic E-state index is 0.0135. The van der Waals surface area contributed by atoms with Gasteiger partial charge in [0.2, 0.25) is 0 Å². The number of hydrogen-bond donors (Lipinski definition) is 1. The summed E-state index contributed by atoms with van der Waals surface area (Å²) < 4.78 is 5.43. The molecule has 7 nitrogen and oxygen atoms in total. The van der Waals surface area contributed by atoms with Crippen LogP contribution in [0.2, 0.25) is 0 Å². The molecule has 0 saturated heterocycles. The molecule has 1 N–H and O–H groups in total. The Balaban J connectivity index is 2.03. The highest BCUT2D eigenvalue weighted by Crippen LogP contribution is 2.16. The summed E-state index contributed by atoms with van der Waals surface area (Å²) in [5.74, 6) is 0.210. The van der Waals surface area contributed by atoms with E-state index in [-0.39, 0.29) is 12.3 Å². The summed E-state index contributed by atoms with van der Waals surface area (Å²) in [6.45, 7) is 3.74. The summed E-state index contributed by atoms with van der Waals surface area (Å²) in [7, 11) is 0. The lowest BCUT2D eigenvalue weighted by Gasteiger charge is -2.08. The van der Waals surface area contributed by atoms with Gasteiger partial charge in [-0.3, -0.25) is 14.9 Å². The van der Waals surface area contributed by atoms with Crippen molar-refractivity contribution >= 4 is 17.3 Å². The molecular formula is C19H21N3O4. The summed E-state index contributed by atoms with van der Waals surface area (Å²) in [5.41, 5.74) is 4.67. The molecule has 0 saturated carbocycles. The quantitative estimate of drug-likeness (QED) is 0.445. The molecule has 2 aromatic rings. The highest BCUT2D eigenvalue weighted by Gasteiger charge is 2.10. The molecule has 0 fully saturated rings. The van der Waals surface area contributed by atoms with Crippen molar-refractivity contribution in [1.29, 1.82) is 0 Å². The highest BCUT2D eigenvalue weighted by atomic mass is 16.6. The van der Waals surface area contributed by atoms with E-state index in [0.29, 0.717) is 23.4 Å². The van der Waals surface area contributed by atoms with Crippen LogP contribution in [0.4, 0.5) is 5.69 Å². The first-order valence-electron chi connectivity index (χ1n) is 8.29. The number of rotatable bonds is 8. The third-order valence-corrected chi connectivity index (χ3v) is 3.55. The first kappa shape index (κ1) is 19.1. The summed E-state index contributed by atoms with van der Waals surface area (Å²) >= 11 is 0. The van der Waals surface area contributed by atoms with Crippen LogP contribution in [0, 0.1) is 17.0 Å². The monoisotopic (exact) mass is 355 g/mol. The zero-order valence-electron chi connectivity index (χ0n) is 14.8. The Kier molecular flexibility index (Phi) is 6.84. The van der Waals surface area contributed by atoms with E-state index in [2.05, 4.69) is 10.5 Å². The molecule has 1 amide bonds. The summed E-state index contributed by atoms with van der Waals surface area (Å²) in [5, 5.41) is 15.1. The zero-order chi connectivity index (χ0) is 18.9. The van der Waals surface area contributed by atoms with Gasteiger partial charge in [-0.25, -0.2) is 5.43 Å². The van der Waals surface area contributed by atoms with Crippen LogP contribution < -0.4 is 10.2 Å². The van der Waals surface area contributed by atoms with Gasteiger partial charge in [0.15, 0.2) is 6.61 Å². The van der Waals surface area contributed by atoms with Crippen molar-refractivity contribution in [1.82, 2.24) is 5.43 Å². The standard InChI is InChI=1S/C19H21N3O4/c1-3-6-18(15-8-5-9-16(12-15)22(24)25)20-21-19(23)13-26-17-10-4-7-14(2)11-17/h4-5,7-12H,3,6,13H2,1-2H3,(H,21,23)/b20-18-. The van der Waals surface area contributed by atoms with E-state index in [9.17, 15) is 14.9 Å². The number of nitro groups is 1. The van der Waals surface area contributed by atoms with E-state index in [4.69, 9.17) is 4.74 Å². The van der Waals surface area contributed by atoms with Crippen LogP contribution in [0.1, 0.15) is 30.9 Å². The van der Waals surface area contributed by atoms with Gasteiger partial charge < -0.3 is 4.74 Å². The molecule has 0 bridgehead atoms. The second kappa shape index (κ2) is 9.31. The van der Waals surface area contributed by atoms with Gasteiger partial charge in [0.25, 0.3) is 11.6 Å². The Morgan fingerprint density at radius 3 is 2.69 bits per heavy atom. The van der Waals surface area contributed by atoms with E-state index < -0.39 is 10.8 Å². The number of aryl methyl sites for hydroxylation is 1. The number of nitro benzene ring substituents is 1. The molecule has 0 spiro atoms. The number of non-ortho nitro benzene ring substituents is 1. The number of nitrogens with zero attached hydrogens (tertiary/aromatic N) is 2. The van der Waals surface area contributed by atoms with Crippen molar-refractivity contribution < 1.29 is 14.5 Å². The van der Waals surface area contributed by atoms with Crippen LogP contribution >= 0.6 is 0 Å². The largest absolute Gasteiger partial charge is 0.484 e. The van der Waals surface area contributed by atoms with Gasteiger partial charge in [0.05, 0.1) is 10.6 Å². The molecule has 0 aromatic heterocycles. The van der Waals surface area contributed by atoms with E-state index in [1.165, 1.54) is 12.1 Å². The van der Waals surface area contributed by atoms with Gasteiger partial charge in [-0.2, -0.15) is 5.10 Å². The maximum absolute atomic E-state index is 12.0. The molecule has 2 rings (SSSR count). The number of ether oxygens (including phenoxy) is 1. The Bertz CT molecular complexity index is 818. The first-order valence-corrected chi connectivity index (χ1v) is 8.29. The van der Waals surface area contributed by atoms with Gasteiger partial charge in [0, 0.05) is 17.7 Å². The first-order chi connectivity index (χ1) is 12.5. The Labute approximate surface area is 151 Å². The van der Waals surface area contributed by atoms with Crippen LogP contribution in [0.3, 0.4) is 0 Å². The molecule has 2 aromatic carbocycles. The highest BCUT2D eigenvalue weighted by molar-refractivity contribution is 6.01. The molecule has 0 aliphatic heterocycles. The average Bonchev–Trinajstić information content (AvgIpc) is 2.63. The SMILES string of the molecule is CCC/C(=N/NC(=O)COc1cccc(C)c1)c1cccc([N+](=O)[O-])c1. The average molecular weight is 355 g/mol. The zero-order valence-corrected chi connectivity index (χ0v) is 14.8. The molecular weight excluding hydrogens is 334 g/mol. The van der Waals surface area contributed by atoms with Crippen LogP contribution in [0.15, 0.2) is 53.6 Å². The number of carbonyl (C=O) groups is 1. The van der Waals surface area contributed by atoms with Crippen LogP contribution in [-0.2, 0) is 4.79 Å². The van der Waals surface area contributed by atoms with Crippen molar-refractivity contribution in [3.05, 3.63) is 69.8 Å². The fourth-order valence-corrected chi connectivity index (χ4v) is 2.32. The lowest BCUT2D eigenvalue weighted by molar-refractivity contribution is -0.384. The van der Waals surface area contributed by atoms with Gasteiger partial charge in [-0.05, 0) is 31.0 Å². The molecule has 0 heterocycles. The molecule has 0 radical (unpaired) electrons. The van der Waals surface area contributed by atoms with Crippen LogP contribution in [0.25, 0.3) is 0 Å². The third-order valence-electron chi connectivity index (χ3n) is 3.55. The topological polar surface area (TPSA) is 93.8 Å². The number of hydrogen-bond acceptors (Lipinski definition) is 5. The predicted molar refractivity (Wildman–Crippen MR) is 99.4 cm³/mol. The number of amides is 1. The van der Waals surface area contributed by atoms with Crippen molar-refractivity contribution in [2.45, 2.75) is 26.7 Å². The van der Waals surface area contributed by atoms with Gasteiger partial charge in [0.1, 0.15) is 5.75 Å². The maximum atomic E-state index is 12.0. The maximum Gasteiger partial charge on any atom is 0.277 e. The normalized spacial score (nSPS) is 11.1. The molecule has 0 aliphatic carbocycles. The molecule has 26 heavy (non-hydrogen) atoms. The fourth-order valence-electron chi connectivity index (χ4n) is 2.32. The van der Waals surface area contributed by atoms with Gasteiger partial charge >= 0.3 is 0 Å². The van der Waals surface area contributed by atoms with Crippen molar-refractivity contribution in [2.75, 3.05) is 6.61 Å². The van der Waals surface area contributed by atoms with Gasteiger partial charge in [-0.1, -0.05) is 37.6 Å². The number of nitrogens with one attached hydrogen (secondary N) is 1. The summed E-state index contributed by atoms with van der Waals surface area (Å²) in [6.07, 6.45) is 1.37. The molecule has 7 heteroatoms. The Hall–Kier alpha value is -3.22. The second-order valence-corrected chi connectivity index (χ2v) is 5.76. The molecule has 0 atom stereocenters. The summed E-state index contributed by atoms with van der Waals surface area (Å²) in [6, 6.07) is 13.6. The minimum atomic E-state index is -0.457. The second-order valence-electron chi connectivity index (χ2n) is 5.76. The van der Waals surface area contributed by atoms with Crippen molar-refractivity contribution in [2.24, 2.45) is 5.10 Å². The van der Waals surface area contributed by atoms with Crippen molar-refractivity contribution in [3.8, 4) is 5.75 Å².